The zero-order valence-electron chi connectivity index (χ0n) is 14.6. The van der Waals surface area contributed by atoms with Gasteiger partial charge in [0.25, 0.3) is 0 Å². The summed E-state index contributed by atoms with van der Waals surface area (Å²) in [4.78, 5) is 17.8. The van der Waals surface area contributed by atoms with Crippen molar-refractivity contribution in [3.8, 4) is 0 Å². The van der Waals surface area contributed by atoms with Gasteiger partial charge in [0, 0.05) is 12.3 Å². The summed E-state index contributed by atoms with van der Waals surface area (Å²) in [6.07, 6.45) is 10.00. The molecule has 0 unspecified atom stereocenters. The van der Waals surface area contributed by atoms with Crippen LogP contribution in [0.5, 0.6) is 0 Å². The molecule has 1 aliphatic heterocycles. The van der Waals surface area contributed by atoms with E-state index in [0.29, 0.717) is 12.2 Å². The summed E-state index contributed by atoms with van der Waals surface area (Å²) in [5.74, 6) is 0.674. The second-order valence-electron chi connectivity index (χ2n) is 7.89. The minimum absolute atomic E-state index is 0.0924. The first-order chi connectivity index (χ1) is 11.1. The van der Waals surface area contributed by atoms with Gasteiger partial charge in [-0.2, -0.15) is 0 Å². The van der Waals surface area contributed by atoms with E-state index >= 15 is 0 Å². The van der Waals surface area contributed by atoms with Crippen molar-refractivity contribution in [3.63, 3.8) is 0 Å². The first kappa shape index (κ1) is 16.4. The molecule has 0 atom stereocenters. The van der Waals surface area contributed by atoms with Crippen LogP contribution < -0.4 is 0 Å². The van der Waals surface area contributed by atoms with E-state index in [2.05, 4.69) is 38.1 Å². The fraction of sp³-hybridized carbons (Fsp3) is 0.619. The molecule has 0 radical (unpaired) electrons. The Morgan fingerprint density at radius 2 is 1.74 bits per heavy atom. The maximum atomic E-state index is 12.9. The Bertz CT molecular complexity index is 592. The smallest absolute Gasteiger partial charge is 0.141 e. The van der Waals surface area contributed by atoms with Gasteiger partial charge in [-0.3, -0.25) is 9.79 Å². The van der Waals surface area contributed by atoms with Gasteiger partial charge in [-0.25, -0.2) is 0 Å². The number of hydrogen-bond acceptors (Lipinski definition) is 2. The zero-order valence-corrected chi connectivity index (χ0v) is 14.6. The van der Waals surface area contributed by atoms with Crippen molar-refractivity contribution >= 4 is 11.5 Å². The van der Waals surface area contributed by atoms with Crippen LogP contribution in [0, 0.1) is 5.92 Å². The predicted molar refractivity (Wildman–Crippen MR) is 96.2 cm³/mol. The molecule has 0 amide bonds. The Kier molecular flexibility index (Phi) is 4.99. The van der Waals surface area contributed by atoms with Crippen LogP contribution in [-0.2, 0) is 11.2 Å². The lowest BCUT2D eigenvalue weighted by molar-refractivity contribution is -0.122. The molecule has 2 nitrogen and oxygen atoms in total. The van der Waals surface area contributed by atoms with Crippen LogP contribution in [0.1, 0.15) is 76.3 Å². The number of hydrogen-bond donors (Lipinski definition) is 0. The van der Waals surface area contributed by atoms with E-state index in [1.165, 1.54) is 43.2 Å². The van der Waals surface area contributed by atoms with Crippen molar-refractivity contribution in [1.29, 1.82) is 0 Å². The minimum Gasteiger partial charge on any atom is -0.299 e. The first-order valence-corrected chi connectivity index (χ1v) is 9.25. The molecule has 0 aromatic heterocycles. The van der Waals surface area contributed by atoms with Crippen molar-refractivity contribution in [3.05, 3.63) is 35.4 Å². The molecular formula is C21H29NO. The fourth-order valence-electron chi connectivity index (χ4n) is 4.11. The van der Waals surface area contributed by atoms with Gasteiger partial charge in [0.05, 0.1) is 11.3 Å². The zero-order chi connectivity index (χ0) is 16.3. The number of carbonyl (C=O) groups excluding carboxylic acids is 1. The lowest BCUT2D eigenvalue weighted by Crippen LogP contribution is -2.31. The second kappa shape index (κ2) is 6.98. The molecule has 2 aliphatic rings. The van der Waals surface area contributed by atoms with Gasteiger partial charge in [-0.15, -0.1) is 0 Å². The molecular weight excluding hydrogens is 282 g/mol. The van der Waals surface area contributed by atoms with Crippen LogP contribution in [0.4, 0.5) is 0 Å². The summed E-state index contributed by atoms with van der Waals surface area (Å²) in [5.41, 5.74) is 3.47. The SMILES string of the molecule is CC1(C)Cc2ccccc2C(CC(=O)C2CCCCCCC2)=N1. The molecule has 1 aromatic rings. The number of Topliss-reactive ketones (excluding diaryl/α,β-unsaturated/α-hetero) is 1. The molecule has 1 fully saturated rings. The number of carbonyl (C=O) groups is 1. The highest BCUT2D eigenvalue weighted by Crippen LogP contribution is 2.30. The highest BCUT2D eigenvalue weighted by molar-refractivity contribution is 6.12. The van der Waals surface area contributed by atoms with Crippen molar-refractivity contribution < 1.29 is 4.79 Å². The highest BCUT2D eigenvalue weighted by Gasteiger charge is 2.29. The van der Waals surface area contributed by atoms with Gasteiger partial charge in [0.1, 0.15) is 5.78 Å². The lowest BCUT2D eigenvalue weighted by atomic mass is 9.82. The largest absolute Gasteiger partial charge is 0.299 e. The Labute approximate surface area is 140 Å². The van der Waals surface area contributed by atoms with Crippen molar-refractivity contribution in [2.24, 2.45) is 10.9 Å². The van der Waals surface area contributed by atoms with Gasteiger partial charge < -0.3 is 0 Å². The van der Waals surface area contributed by atoms with Crippen LogP contribution in [0.2, 0.25) is 0 Å². The Morgan fingerprint density at radius 3 is 2.48 bits per heavy atom. The van der Waals surface area contributed by atoms with Gasteiger partial charge in [-0.1, -0.05) is 56.4 Å². The highest BCUT2D eigenvalue weighted by atomic mass is 16.1. The molecule has 1 aliphatic carbocycles. The summed E-state index contributed by atoms with van der Waals surface area (Å²) in [6.45, 7) is 4.34. The number of aliphatic imine (C=N–C) groups is 1. The van der Waals surface area contributed by atoms with E-state index in [0.717, 1.165) is 25.0 Å². The molecule has 0 N–H and O–H groups in total. The number of ketones is 1. The topological polar surface area (TPSA) is 29.4 Å². The molecule has 2 heteroatoms. The molecule has 0 saturated heterocycles. The average molecular weight is 311 g/mol. The van der Waals surface area contributed by atoms with Crippen molar-refractivity contribution in [2.75, 3.05) is 0 Å². The van der Waals surface area contributed by atoms with Crippen LogP contribution in [0.15, 0.2) is 29.3 Å². The summed E-state index contributed by atoms with van der Waals surface area (Å²) in [7, 11) is 0. The lowest BCUT2D eigenvalue weighted by Gasteiger charge is -2.29. The predicted octanol–water partition coefficient (Wildman–Crippen LogP) is 5.13. The molecule has 1 aromatic carbocycles. The molecule has 1 heterocycles. The van der Waals surface area contributed by atoms with Crippen LogP contribution >= 0.6 is 0 Å². The van der Waals surface area contributed by atoms with Gasteiger partial charge >= 0.3 is 0 Å². The fourth-order valence-corrected chi connectivity index (χ4v) is 4.11. The van der Waals surface area contributed by atoms with Gasteiger partial charge in [0.15, 0.2) is 0 Å². The van der Waals surface area contributed by atoms with Gasteiger partial charge in [-0.05, 0) is 44.2 Å². The normalized spacial score (nSPS) is 21.7. The molecule has 1 saturated carbocycles. The third-order valence-electron chi connectivity index (χ3n) is 5.29. The standard InChI is InChI=1S/C21H29NO/c1-21(2)15-17-12-8-9-13-18(17)19(22-21)14-20(23)16-10-6-4-3-5-7-11-16/h8-9,12-13,16H,3-7,10-11,14-15H2,1-2H3. The summed E-state index contributed by atoms with van der Waals surface area (Å²) in [5, 5.41) is 0. The van der Waals surface area contributed by atoms with Crippen LogP contribution in [-0.4, -0.2) is 17.0 Å². The number of rotatable bonds is 3. The third-order valence-corrected chi connectivity index (χ3v) is 5.29. The van der Waals surface area contributed by atoms with E-state index in [4.69, 9.17) is 4.99 Å². The van der Waals surface area contributed by atoms with E-state index in [-0.39, 0.29) is 11.5 Å². The Balaban J connectivity index is 1.77. The Morgan fingerprint density at radius 1 is 1.09 bits per heavy atom. The molecule has 0 spiro atoms. The second-order valence-corrected chi connectivity index (χ2v) is 7.89. The van der Waals surface area contributed by atoms with E-state index in [9.17, 15) is 4.79 Å². The third kappa shape index (κ3) is 4.10. The number of benzene rings is 1. The summed E-state index contributed by atoms with van der Waals surface area (Å²) >= 11 is 0. The molecule has 3 rings (SSSR count). The number of nitrogens with zero attached hydrogens (tertiary/aromatic N) is 1. The monoisotopic (exact) mass is 311 g/mol. The Hall–Kier alpha value is -1.44. The quantitative estimate of drug-likeness (QED) is 0.761. The minimum atomic E-state index is -0.0924. The van der Waals surface area contributed by atoms with E-state index in [1.54, 1.807) is 0 Å². The number of fused-ring (bicyclic) bond motifs is 1. The van der Waals surface area contributed by atoms with E-state index in [1.807, 2.05) is 0 Å². The van der Waals surface area contributed by atoms with Gasteiger partial charge in [0.2, 0.25) is 0 Å². The molecule has 124 valence electrons. The van der Waals surface area contributed by atoms with E-state index < -0.39 is 0 Å². The average Bonchev–Trinajstić information content (AvgIpc) is 2.45. The first-order valence-electron chi connectivity index (χ1n) is 9.25. The summed E-state index contributed by atoms with van der Waals surface area (Å²) < 4.78 is 0. The summed E-state index contributed by atoms with van der Waals surface area (Å²) in [6, 6.07) is 8.47. The van der Waals surface area contributed by atoms with Crippen LogP contribution in [0.25, 0.3) is 0 Å². The van der Waals surface area contributed by atoms with Crippen molar-refractivity contribution in [1.82, 2.24) is 0 Å². The maximum Gasteiger partial charge on any atom is 0.141 e. The van der Waals surface area contributed by atoms with Crippen LogP contribution in [0.3, 0.4) is 0 Å². The maximum absolute atomic E-state index is 12.9. The van der Waals surface area contributed by atoms with Crippen molar-refractivity contribution in [2.45, 2.75) is 77.2 Å². The molecule has 0 bridgehead atoms. The molecule has 23 heavy (non-hydrogen) atoms.